The molecule has 6 N–H and O–H groups in total. The van der Waals surface area contributed by atoms with Crippen LogP contribution in [0.5, 0.6) is 23.0 Å². The number of rotatable bonds is 27. The van der Waals surface area contributed by atoms with Gasteiger partial charge in [-0.1, -0.05) is 0 Å². The molecule has 0 bridgehead atoms. The van der Waals surface area contributed by atoms with E-state index in [1.807, 2.05) is 0 Å². The van der Waals surface area contributed by atoms with E-state index in [1.54, 1.807) is 0 Å². The molecular formula is C36H52N6O16. The summed E-state index contributed by atoms with van der Waals surface area (Å²) in [5.74, 6) is -0.373. The zero-order valence-electron chi connectivity index (χ0n) is 32.9. The van der Waals surface area contributed by atoms with Gasteiger partial charge in [-0.05, 0) is 63.5 Å². The van der Waals surface area contributed by atoms with Crippen molar-refractivity contribution >= 4 is 35.5 Å². The smallest absolute Gasteiger partial charge is 0.407 e. The summed E-state index contributed by atoms with van der Waals surface area (Å²) in [6.45, 7) is -0.193. The maximum absolute atomic E-state index is 12.2. The maximum Gasteiger partial charge on any atom is 0.407 e. The second-order valence-corrected chi connectivity index (χ2v) is 12.4. The summed E-state index contributed by atoms with van der Waals surface area (Å²) in [5.41, 5.74) is 11.4. The molecule has 0 aliphatic heterocycles. The number of nitrogens with zero attached hydrogens (tertiary/aromatic N) is 2. The Balaban J connectivity index is 1.51. The first-order valence-electron chi connectivity index (χ1n) is 18.2. The molecule has 0 saturated carbocycles. The Hall–Kier alpha value is -6.16. The van der Waals surface area contributed by atoms with Crippen molar-refractivity contribution in [2.75, 3.05) is 54.7 Å². The van der Waals surface area contributed by atoms with E-state index in [0.29, 0.717) is 38.5 Å². The van der Waals surface area contributed by atoms with Crippen molar-refractivity contribution in [2.45, 2.75) is 76.7 Å². The molecule has 0 fully saturated rings. The first-order chi connectivity index (χ1) is 27.8. The number of hydrogen-bond acceptors (Lipinski definition) is 18. The Bertz CT molecular complexity index is 1570. The number of amides is 2. The van der Waals surface area contributed by atoms with Crippen molar-refractivity contribution in [3.8, 4) is 23.0 Å². The number of ether oxygens (including phenoxy) is 8. The van der Waals surface area contributed by atoms with Crippen LogP contribution in [0.3, 0.4) is 0 Å². The molecule has 0 aromatic heterocycles. The van der Waals surface area contributed by atoms with Gasteiger partial charge < -0.3 is 60.0 Å². The predicted octanol–water partition coefficient (Wildman–Crippen LogP) is 3.55. The van der Waals surface area contributed by atoms with Crippen LogP contribution in [0.2, 0.25) is 0 Å². The van der Waals surface area contributed by atoms with Gasteiger partial charge >= 0.3 is 24.1 Å². The molecular weight excluding hydrogens is 772 g/mol. The second-order valence-electron chi connectivity index (χ2n) is 12.4. The van der Waals surface area contributed by atoms with Crippen LogP contribution in [0.25, 0.3) is 0 Å². The van der Waals surface area contributed by atoms with Gasteiger partial charge in [0.2, 0.25) is 0 Å². The predicted molar refractivity (Wildman–Crippen MR) is 204 cm³/mol. The summed E-state index contributed by atoms with van der Waals surface area (Å²) in [6, 6.07) is 3.26. The fourth-order valence-electron chi connectivity index (χ4n) is 5.16. The highest BCUT2D eigenvalue weighted by Gasteiger charge is 2.23. The van der Waals surface area contributed by atoms with Crippen molar-refractivity contribution in [3.63, 3.8) is 0 Å². The Morgan fingerprint density at radius 1 is 0.569 bits per heavy atom. The minimum atomic E-state index is -0.901. The lowest BCUT2D eigenvalue weighted by atomic mass is 10.1. The molecule has 58 heavy (non-hydrogen) atoms. The number of nitro benzene ring substituents is 2. The van der Waals surface area contributed by atoms with E-state index in [4.69, 9.17) is 49.4 Å². The molecule has 0 radical (unpaired) electrons. The number of nitrogens with one attached hydrogen (secondary N) is 2. The minimum absolute atomic E-state index is 0.110. The van der Waals surface area contributed by atoms with E-state index in [0.717, 1.165) is 0 Å². The lowest BCUT2D eigenvalue weighted by Crippen LogP contribution is -2.34. The van der Waals surface area contributed by atoms with Crippen LogP contribution in [0.15, 0.2) is 24.3 Å². The van der Waals surface area contributed by atoms with Crippen molar-refractivity contribution in [1.29, 1.82) is 0 Å². The number of methoxy groups -OCH3 is 4. The largest absolute Gasteiger partial charge is 0.493 e. The molecule has 2 aromatic rings. The van der Waals surface area contributed by atoms with E-state index >= 15 is 0 Å². The summed E-state index contributed by atoms with van der Waals surface area (Å²) in [6.07, 6.45) is 2.05. The molecule has 2 rings (SSSR count). The van der Waals surface area contributed by atoms with Gasteiger partial charge in [-0.25, -0.2) is 9.59 Å². The van der Waals surface area contributed by atoms with Crippen LogP contribution >= 0.6 is 0 Å². The number of esters is 2. The summed E-state index contributed by atoms with van der Waals surface area (Å²) in [7, 11) is 5.42. The Morgan fingerprint density at radius 2 is 0.914 bits per heavy atom. The SMILES string of the molecule is COc1cc(COC(=O)NCCC[C@H](N)C(=O)OCCCCCCOC(=O)[C@@H](N)CCCNC(=O)OCc2cc(OC)c(OC)cc2[N+](=O)[O-])c([N+](=O)[O-])cc1OC. The average molecular weight is 825 g/mol. The number of carbonyl (C=O) groups excluding carboxylic acids is 4. The lowest BCUT2D eigenvalue weighted by molar-refractivity contribution is -0.386. The first kappa shape index (κ1) is 48.0. The maximum atomic E-state index is 12.2. The van der Waals surface area contributed by atoms with Crippen molar-refractivity contribution in [2.24, 2.45) is 11.5 Å². The van der Waals surface area contributed by atoms with E-state index in [9.17, 15) is 39.4 Å². The van der Waals surface area contributed by atoms with Crippen molar-refractivity contribution in [1.82, 2.24) is 10.6 Å². The third-order valence-electron chi connectivity index (χ3n) is 8.34. The van der Waals surface area contributed by atoms with Crippen molar-refractivity contribution < 1.29 is 66.9 Å². The van der Waals surface area contributed by atoms with E-state index in [-0.39, 0.29) is 97.9 Å². The van der Waals surface area contributed by atoms with E-state index in [2.05, 4.69) is 10.6 Å². The number of unbranched alkanes of at least 4 members (excludes halogenated alkanes) is 3. The Morgan fingerprint density at radius 3 is 1.24 bits per heavy atom. The topological polar surface area (TPSA) is 304 Å². The number of nitro groups is 2. The van der Waals surface area contributed by atoms with E-state index in [1.165, 1.54) is 52.7 Å². The van der Waals surface area contributed by atoms with Crippen LogP contribution < -0.4 is 41.0 Å². The van der Waals surface area contributed by atoms with Crippen LogP contribution in [0, 0.1) is 20.2 Å². The molecule has 0 unspecified atom stereocenters. The Kier molecular flexibility index (Phi) is 21.4. The summed E-state index contributed by atoms with van der Waals surface area (Å²) in [5, 5.41) is 27.8. The van der Waals surface area contributed by atoms with Crippen LogP contribution in [0.1, 0.15) is 62.5 Å². The van der Waals surface area contributed by atoms with Crippen LogP contribution in [0.4, 0.5) is 21.0 Å². The van der Waals surface area contributed by atoms with Gasteiger partial charge in [0.25, 0.3) is 11.4 Å². The number of benzene rings is 2. The van der Waals surface area contributed by atoms with Crippen LogP contribution in [-0.2, 0) is 41.8 Å². The van der Waals surface area contributed by atoms with Gasteiger partial charge in [0.05, 0.1) is 74.8 Å². The standard InChI is InChI=1S/C36H52N6O16/c1-51-29-17-23(27(41(47)48)19-31(29)53-3)21-57-35(45)39-13-9-11-25(37)33(43)55-15-7-5-6-8-16-56-34(44)26(38)12-10-14-40-36(46)58-22-24-18-30(52-2)32(54-4)20-28(24)42(49)50/h17-20,25-26H,5-16,21-22,37-38H2,1-4H3,(H,39,45)(H,40,46)/t25-,26-/m0/s1. The molecule has 2 amide bonds. The molecule has 2 atom stereocenters. The highest BCUT2D eigenvalue weighted by Crippen LogP contribution is 2.36. The highest BCUT2D eigenvalue weighted by atomic mass is 16.6. The fraction of sp³-hybridized carbons (Fsp3) is 0.556. The number of hydrogen-bond donors (Lipinski definition) is 4. The van der Waals surface area contributed by atoms with Gasteiger partial charge in [0.1, 0.15) is 25.3 Å². The average Bonchev–Trinajstić information content (AvgIpc) is 3.21. The quantitative estimate of drug-likeness (QED) is 0.0329. The van der Waals surface area contributed by atoms with Gasteiger partial charge in [-0.15, -0.1) is 0 Å². The van der Waals surface area contributed by atoms with E-state index < -0.39 is 46.1 Å². The van der Waals surface area contributed by atoms with Crippen molar-refractivity contribution in [3.05, 3.63) is 55.6 Å². The fourth-order valence-corrected chi connectivity index (χ4v) is 5.16. The summed E-state index contributed by atoms with van der Waals surface area (Å²) < 4.78 is 41.1. The second kappa shape index (κ2) is 25.9. The molecule has 0 heterocycles. The third-order valence-corrected chi connectivity index (χ3v) is 8.34. The molecule has 0 saturated heterocycles. The molecule has 0 aliphatic carbocycles. The molecule has 0 spiro atoms. The monoisotopic (exact) mass is 824 g/mol. The zero-order valence-corrected chi connectivity index (χ0v) is 32.9. The highest BCUT2D eigenvalue weighted by molar-refractivity contribution is 5.76. The Labute approximate surface area is 334 Å². The normalized spacial score (nSPS) is 11.6. The number of alkyl carbamates (subject to hydrolysis) is 2. The lowest BCUT2D eigenvalue weighted by Gasteiger charge is -2.13. The summed E-state index contributed by atoms with van der Waals surface area (Å²) >= 11 is 0. The molecule has 0 aliphatic rings. The van der Waals surface area contributed by atoms with Gasteiger partial charge in [0.15, 0.2) is 23.0 Å². The van der Waals surface area contributed by atoms with Gasteiger partial charge in [-0.3, -0.25) is 29.8 Å². The minimum Gasteiger partial charge on any atom is -0.493 e. The number of carbonyl (C=O) groups is 4. The molecule has 22 heteroatoms. The third kappa shape index (κ3) is 16.5. The zero-order chi connectivity index (χ0) is 43.0. The molecule has 322 valence electrons. The van der Waals surface area contributed by atoms with Gasteiger partial charge in [0, 0.05) is 13.1 Å². The summed E-state index contributed by atoms with van der Waals surface area (Å²) in [4.78, 5) is 70.2. The number of nitrogens with two attached hydrogens (primary N) is 2. The van der Waals surface area contributed by atoms with Gasteiger partial charge in [-0.2, -0.15) is 0 Å². The molecule has 2 aromatic carbocycles. The first-order valence-corrected chi connectivity index (χ1v) is 18.2. The van der Waals surface area contributed by atoms with Crippen LogP contribution in [-0.4, -0.2) is 101 Å². The molecule has 22 nitrogen and oxygen atoms in total.